The van der Waals surface area contributed by atoms with E-state index in [2.05, 4.69) is 18.9 Å². The topological polar surface area (TPSA) is 130 Å². The molecule has 300 valence electrons. The van der Waals surface area contributed by atoms with E-state index in [-0.39, 0.29) is 44.0 Å². The largest absolute Gasteiger partial charge is 0.493 e. The van der Waals surface area contributed by atoms with Crippen LogP contribution in [0.3, 0.4) is 0 Å². The van der Waals surface area contributed by atoms with Crippen LogP contribution in [-0.4, -0.2) is 65.3 Å². The maximum absolute atomic E-state index is 13.7. The van der Waals surface area contributed by atoms with Crippen molar-refractivity contribution in [1.29, 1.82) is 0 Å². The fraction of sp³-hybridized carbons (Fsp3) is 0.600. The van der Waals surface area contributed by atoms with Crippen LogP contribution in [0.1, 0.15) is 108 Å². The van der Waals surface area contributed by atoms with E-state index in [0.717, 1.165) is 75.6 Å². The van der Waals surface area contributed by atoms with E-state index in [1.54, 1.807) is 0 Å². The van der Waals surface area contributed by atoms with Gasteiger partial charge in [-0.2, -0.15) is 43.2 Å². The van der Waals surface area contributed by atoms with Crippen molar-refractivity contribution in [3.8, 4) is 11.5 Å². The lowest BCUT2D eigenvalue weighted by Crippen LogP contribution is -2.25. The predicted octanol–water partition coefficient (Wildman–Crippen LogP) is 9.48. The van der Waals surface area contributed by atoms with Gasteiger partial charge in [0.1, 0.15) is 11.5 Å². The molecule has 0 saturated heterocycles. The monoisotopic (exact) mass is 802 g/mol. The average molecular weight is 803 g/mol. The van der Waals surface area contributed by atoms with Gasteiger partial charge in [0.25, 0.3) is 0 Å². The Morgan fingerprint density at radius 3 is 1.15 bits per heavy atom. The van der Waals surface area contributed by atoms with Crippen molar-refractivity contribution in [2.75, 3.05) is 24.7 Å². The molecule has 0 spiro atoms. The molecule has 0 saturated carbocycles. The van der Waals surface area contributed by atoms with E-state index >= 15 is 0 Å². The van der Waals surface area contributed by atoms with Crippen molar-refractivity contribution in [2.45, 2.75) is 110 Å². The number of oxime groups is 2. The maximum Gasteiger partial charge on any atom is 0.437 e. The van der Waals surface area contributed by atoms with Gasteiger partial charge in [-0.15, -0.1) is 0 Å². The number of rotatable bonds is 26. The van der Waals surface area contributed by atoms with Crippen molar-refractivity contribution < 1.29 is 61.2 Å². The zero-order chi connectivity index (χ0) is 39.4. The summed E-state index contributed by atoms with van der Waals surface area (Å²) in [5.41, 5.74) is -3.92. The van der Waals surface area contributed by atoms with Crippen LogP contribution in [0.15, 0.2) is 58.8 Å². The van der Waals surface area contributed by atoms with Crippen molar-refractivity contribution in [3.63, 3.8) is 0 Å². The molecule has 0 bridgehead atoms. The molecule has 18 heteroatoms. The molecule has 0 radical (unpaired) electrons. The van der Waals surface area contributed by atoms with Gasteiger partial charge in [-0.1, -0.05) is 88.4 Å². The molecule has 10 nitrogen and oxygen atoms in total. The minimum Gasteiger partial charge on any atom is -0.493 e. The lowest BCUT2D eigenvalue weighted by molar-refractivity contribution is -0.0606. The quantitative estimate of drug-likeness (QED) is 0.0398. The van der Waals surface area contributed by atoms with Crippen LogP contribution in [0, 0.1) is 0 Å². The molecule has 0 heterocycles. The van der Waals surface area contributed by atoms with Crippen molar-refractivity contribution in [1.82, 2.24) is 0 Å². The van der Waals surface area contributed by atoms with Gasteiger partial charge in [0, 0.05) is 17.5 Å². The maximum atomic E-state index is 13.7. The van der Waals surface area contributed by atoms with Crippen LogP contribution in [0.25, 0.3) is 0 Å². The second-order valence-corrected chi connectivity index (χ2v) is 15.5. The molecule has 2 aromatic rings. The summed E-state index contributed by atoms with van der Waals surface area (Å²) in [7, 11) is -8.62. The van der Waals surface area contributed by atoms with Crippen molar-refractivity contribution in [3.05, 3.63) is 59.7 Å². The van der Waals surface area contributed by atoms with Crippen LogP contribution in [0.4, 0.5) is 26.3 Å². The third-order valence-electron chi connectivity index (χ3n) is 7.60. The molecule has 0 amide bonds. The zero-order valence-electron chi connectivity index (χ0n) is 29.9. The van der Waals surface area contributed by atoms with Gasteiger partial charge in [0.15, 0.2) is 11.4 Å². The molecule has 0 aromatic heterocycles. The van der Waals surface area contributed by atoms with Crippen LogP contribution in [0.2, 0.25) is 0 Å². The van der Waals surface area contributed by atoms with E-state index in [1.165, 1.54) is 24.3 Å². The molecular formula is C35H48F6N2O8S2. The molecule has 0 aliphatic carbocycles. The highest BCUT2D eigenvalue weighted by Gasteiger charge is 2.39. The van der Waals surface area contributed by atoms with Gasteiger partial charge in [-0.05, 0) is 61.4 Å². The number of halogens is 6. The second-order valence-electron chi connectivity index (χ2n) is 12.2. The van der Waals surface area contributed by atoms with Crippen LogP contribution in [0.5, 0.6) is 11.5 Å². The molecule has 53 heavy (non-hydrogen) atoms. The third kappa shape index (κ3) is 18.9. The van der Waals surface area contributed by atoms with Crippen molar-refractivity contribution in [2.24, 2.45) is 10.3 Å². The second kappa shape index (κ2) is 22.6. The normalized spacial score (nSPS) is 13.2. The van der Waals surface area contributed by atoms with Gasteiger partial charge in [0.2, 0.25) is 0 Å². The predicted molar refractivity (Wildman–Crippen MR) is 190 cm³/mol. The van der Waals surface area contributed by atoms with Gasteiger partial charge < -0.3 is 9.47 Å². The minimum atomic E-state index is -5.00. The van der Waals surface area contributed by atoms with E-state index in [0.29, 0.717) is 12.8 Å². The summed E-state index contributed by atoms with van der Waals surface area (Å²) in [5, 5.41) is 5.86. The SMILES string of the molecule is CCCCCCCCS(=O)(=O)ON=C(c1ccc(OCCCOc2ccc(C(=NOS(=O)(=O)CCCCCCCC)C(F)(F)F)cc2)cc1)C(F)(F)F. The van der Waals surface area contributed by atoms with Gasteiger partial charge >= 0.3 is 32.6 Å². The van der Waals surface area contributed by atoms with E-state index in [9.17, 15) is 43.2 Å². The Bertz CT molecular complexity index is 1510. The summed E-state index contributed by atoms with van der Waals surface area (Å²) in [4.78, 5) is 0. The van der Waals surface area contributed by atoms with E-state index < -0.39 is 66.6 Å². The van der Waals surface area contributed by atoms with E-state index in [1.807, 2.05) is 13.8 Å². The number of alkyl halides is 6. The first-order valence-corrected chi connectivity index (χ1v) is 20.7. The van der Waals surface area contributed by atoms with Crippen LogP contribution in [-0.2, 0) is 28.8 Å². The standard InChI is InChI=1S/C35H48F6N2O8S2/c1-3-5-7-9-11-13-26-52(44,45)50-42-32(34(36,37)38)28-16-20-30(21-17-28)48-24-15-25-49-31-22-18-29(19-23-31)33(35(39,40)41)43-51-53(46,47)27-14-12-10-8-6-4-2/h16-23H,3-15,24-27H2,1-2H3. The third-order valence-corrected chi connectivity index (χ3v) is 9.78. The fourth-order valence-electron chi connectivity index (χ4n) is 4.77. The summed E-state index contributed by atoms with van der Waals surface area (Å²) in [6.07, 6.45) is -0.435. The van der Waals surface area contributed by atoms with E-state index in [4.69, 9.17) is 9.47 Å². The Morgan fingerprint density at radius 2 is 0.830 bits per heavy atom. The molecule has 0 aliphatic heterocycles. The molecule has 0 atom stereocenters. The number of unbranched alkanes of at least 4 members (excludes halogenated alkanes) is 10. The summed E-state index contributed by atoms with van der Waals surface area (Å²) >= 11 is 0. The van der Waals surface area contributed by atoms with Gasteiger partial charge in [0.05, 0.1) is 24.7 Å². The molecule has 0 N–H and O–H groups in total. The molecular weight excluding hydrogens is 755 g/mol. The first kappa shape index (κ1) is 45.6. The number of hydrogen-bond donors (Lipinski definition) is 0. The molecule has 0 aliphatic rings. The first-order chi connectivity index (χ1) is 25.0. The Morgan fingerprint density at radius 1 is 0.509 bits per heavy atom. The number of ether oxygens (including phenoxy) is 2. The molecule has 0 fully saturated rings. The lowest BCUT2D eigenvalue weighted by Gasteiger charge is -2.12. The number of hydrogen-bond acceptors (Lipinski definition) is 10. The summed E-state index contributed by atoms with van der Waals surface area (Å²) in [5.74, 6) is -0.503. The van der Waals surface area contributed by atoms with Crippen molar-refractivity contribution >= 4 is 31.7 Å². The number of nitrogens with zero attached hydrogens (tertiary/aromatic N) is 2. The smallest absolute Gasteiger partial charge is 0.437 e. The highest BCUT2D eigenvalue weighted by atomic mass is 32.2. The summed E-state index contributed by atoms with van der Waals surface area (Å²) in [6, 6.07) is 9.18. The van der Waals surface area contributed by atoms with Crippen LogP contribution >= 0.6 is 0 Å². The zero-order valence-corrected chi connectivity index (χ0v) is 31.5. The average Bonchev–Trinajstić information content (AvgIpc) is 3.08. The van der Waals surface area contributed by atoms with Gasteiger partial charge in [-0.25, -0.2) is 0 Å². The molecule has 0 unspecified atom stereocenters. The lowest BCUT2D eigenvalue weighted by atomic mass is 10.1. The Kier molecular flexibility index (Phi) is 19.5. The first-order valence-electron chi connectivity index (χ1n) is 17.6. The van der Waals surface area contributed by atoms with Crippen LogP contribution < -0.4 is 9.47 Å². The summed E-state index contributed by atoms with van der Waals surface area (Å²) < 4.78 is 150. The minimum absolute atomic E-state index is 0.0624. The fourth-order valence-corrected chi connectivity index (χ4v) is 6.41. The Hall–Kier alpha value is -3.54. The summed E-state index contributed by atoms with van der Waals surface area (Å²) in [6.45, 7) is 4.20. The Labute approximate surface area is 308 Å². The highest BCUT2D eigenvalue weighted by molar-refractivity contribution is 7.86. The Balaban J connectivity index is 1.87. The van der Waals surface area contributed by atoms with Gasteiger partial charge in [-0.3, -0.25) is 8.57 Å². The number of benzene rings is 2. The highest BCUT2D eigenvalue weighted by Crippen LogP contribution is 2.27. The molecule has 2 aromatic carbocycles. The molecule has 2 rings (SSSR count).